The van der Waals surface area contributed by atoms with E-state index in [1.165, 1.54) is 13.5 Å². The molecule has 122 valence electrons. The van der Waals surface area contributed by atoms with Gasteiger partial charge in [0.15, 0.2) is 6.39 Å². The number of nitrogens with zero attached hydrogens (tertiary/aromatic N) is 1. The highest BCUT2D eigenvalue weighted by molar-refractivity contribution is 6.06. The first-order chi connectivity index (χ1) is 11.7. The number of methoxy groups -OCH3 is 2. The highest BCUT2D eigenvalue weighted by Gasteiger charge is 2.19. The Balaban J connectivity index is 1.88. The van der Waals surface area contributed by atoms with Crippen LogP contribution in [-0.2, 0) is 0 Å². The summed E-state index contributed by atoms with van der Waals surface area (Å²) in [7, 11) is 3.09. The van der Waals surface area contributed by atoms with Crippen molar-refractivity contribution in [2.75, 3.05) is 19.5 Å². The zero-order valence-electron chi connectivity index (χ0n) is 13.3. The van der Waals surface area contributed by atoms with Crippen molar-refractivity contribution in [2.24, 2.45) is 0 Å². The van der Waals surface area contributed by atoms with E-state index in [4.69, 9.17) is 13.9 Å². The maximum atomic E-state index is 12.6. The van der Waals surface area contributed by atoms with E-state index in [1.807, 2.05) is 30.3 Å². The molecular formula is C18H16N2O4. The number of hydrogen-bond acceptors (Lipinski definition) is 5. The molecule has 3 rings (SSSR count). The summed E-state index contributed by atoms with van der Waals surface area (Å²) < 4.78 is 15.7. The third-order valence-electron chi connectivity index (χ3n) is 3.48. The Kier molecular flexibility index (Phi) is 4.47. The van der Waals surface area contributed by atoms with Gasteiger partial charge in [0.1, 0.15) is 17.2 Å². The van der Waals surface area contributed by atoms with E-state index in [1.54, 1.807) is 25.3 Å². The number of hydrogen-bond donors (Lipinski definition) is 1. The molecule has 0 atom stereocenters. The van der Waals surface area contributed by atoms with Gasteiger partial charge in [-0.2, -0.15) is 0 Å². The lowest BCUT2D eigenvalue weighted by Gasteiger charge is -2.11. The third-order valence-corrected chi connectivity index (χ3v) is 3.48. The molecule has 0 unspecified atom stereocenters. The van der Waals surface area contributed by atoms with Crippen LogP contribution < -0.4 is 14.8 Å². The van der Waals surface area contributed by atoms with Crippen molar-refractivity contribution in [2.45, 2.75) is 0 Å². The number of rotatable bonds is 5. The van der Waals surface area contributed by atoms with E-state index in [0.717, 1.165) is 5.56 Å². The topological polar surface area (TPSA) is 73.6 Å². The van der Waals surface area contributed by atoms with Crippen LogP contribution in [0.3, 0.4) is 0 Å². The average Bonchev–Trinajstić information content (AvgIpc) is 3.12. The molecule has 0 spiro atoms. The number of anilines is 1. The minimum absolute atomic E-state index is 0.138. The average molecular weight is 324 g/mol. The van der Waals surface area contributed by atoms with Crippen molar-refractivity contribution >= 4 is 11.6 Å². The van der Waals surface area contributed by atoms with E-state index < -0.39 is 5.91 Å². The molecule has 2 aromatic carbocycles. The number of benzene rings is 2. The summed E-state index contributed by atoms with van der Waals surface area (Å²) in [5.41, 5.74) is 1.80. The van der Waals surface area contributed by atoms with Gasteiger partial charge < -0.3 is 19.2 Å². The zero-order chi connectivity index (χ0) is 16.9. The summed E-state index contributed by atoms with van der Waals surface area (Å²) in [5, 5.41) is 2.77. The molecule has 24 heavy (non-hydrogen) atoms. The largest absolute Gasteiger partial charge is 0.497 e. The molecule has 1 N–H and O–H groups in total. The molecule has 1 amide bonds. The van der Waals surface area contributed by atoms with Crippen LogP contribution in [0.15, 0.2) is 59.3 Å². The summed E-state index contributed by atoms with van der Waals surface area (Å²) in [4.78, 5) is 16.7. The van der Waals surface area contributed by atoms with E-state index in [2.05, 4.69) is 10.3 Å². The number of carbonyl (C=O) groups excluding carboxylic acids is 1. The fourth-order valence-corrected chi connectivity index (χ4v) is 2.29. The molecule has 1 heterocycles. The maximum Gasteiger partial charge on any atom is 0.293 e. The van der Waals surface area contributed by atoms with Crippen LogP contribution in [0, 0.1) is 0 Å². The number of amides is 1. The second-order valence-electron chi connectivity index (χ2n) is 4.92. The molecule has 0 aliphatic heterocycles. The molecule has 0 fully saturated rings. The van der Waals surface area contributed by atoms with E-state index in [0.29, 0.717) is 22.9 Å². The smallest absolute Gasteiger partial charge is 0.293 e. The second kappa shape index (κ2) is 6.87. The summed E-state index contributed by atoms with van der Waals surface area (Å²) in [6.45, 7) is 0. The van der Waals surface area contributed by atoms with Crippen molar-refractivity contribution < 1.29 is 18.7 Å². The number of aromatic nitrogens is 1. The predicted molar refractivity (Wildman–Crippen MR) is 89.4 cm³/mol. The van der Waals surface area contributed by atoms with Gasteiger partial charge in [-0.1, -0.05) is 30.3 Å². The summed E-state index contributed by atoms with van der Waals surface area (Å²) in [5.74, 6) is 0.854. The molecule has 0 radical (unpaired) electrons. The van der Waals surface area contributed by atoms with Gasteiger partial charge in [0.25, 0.3) is 5.91 Å². The Morgan fingerprint density at radius 2 is 1.88 bits per heavy atom. The molecule has 0 bridgehead atoms. The van der Waals surface area contributed by atoms with E-state index in [-0.39, 0.29) is 5.76 Å². The van der Waals surface area contributed by atoms with Crippen molar-refractivity contribution in [3.05, 3.63) is 60.7 Å². The van der Waals surface area contributed by atoms with Gasteiger partial charge in [0.05, 0.1) is 19.9 Å². The van der Waals surface area contributed by atoms with Crippen LogP contribution in [0.4, 0.5) is 5.69 Å². The Morgan fingerprint density at radius 3 is 2.58 bits per heavy atom. The van der Waals surface area contributed by atoms with Crippen molar-refractivity contribution in [3.8, 4) is 22.8 Å². The first kappa shape index (κ1) is 15.6. The quantitative estimate of drug-likeness (QED) is 0.776. The number of nitrogens with one attached hydrogen (secondary N) is 1. The standard InChI is InChI=1S/C18H16N2O4/c1-22-13-8-9-14(15(10-13)23-2)20-18(21)17-16(19-11-24-17)12-6-4-3-5-7-12/h3-11H,1-2H3,(H,20,21). The number of oxazole rings is 1. The molecule has 0 aliphatic carbocycles. The Hall–Kier alpha value is -3.28. The van der Waals surface area contributed by atoms with Crippen LogP contribution in [0.1, 0.15) is 10.6 Å². The molecule has 0 saturated heterocycles. The third kappa shape index (κ3) is 3.08. The van der Waals surface area contributed by atoms with Gasteiger partial charge >= 0.3 is 0 Å². The van der Waals surface area contributed by atoms with Crippen LogP contribution in [0.5, 0.6) is 11.5 Å². The highest BCUT2D eigenvalue weighted by atomic mass is 16.5. The fourth-order valence-electron chi connectivity index (χ4n) is 2.29. The summed E-state index contributed by atoms with van der Waals surface area (Å²) in [6, 6.07) is 14.5. The second-order valence-corrected chi connectivity index (χ2v) is 4.92. The predicted octanol–water partition coefficient (Wildman–Crippen LogP) is 3.61. The minimum Gasteiger partial charge on any atom is -0.497 e. The Bertz CT molecular complexity index is 843. The first-order valence-corrected chi connectivity index (χ1v) is 7.25. The van der Waals surface area contributed by atoms with Crippen LogP contribution in [0.2, 0.25) is 0 Å². The van der Waals surface area contributed by atoms with Gasteiger partial charge in [0, 0.05) is 11.6 Å². The highest BCUT2D eigenvalue weighted by Crippen LogP contribution is 2.30. The molecule has 6 nitrogen and oxygen atoms in total. The molecule has 6 heteroatoms. The van der Waals surface area contributed by atoms with E-state index >= 15 is 0 Å². The van der Waals surface area contributed by atoms with Crippen molar-refractivity contribution in [3.63, 3.8) is 0 Å². The molecule has 3 aromatic rings. The minimum atomic E-state index is -0.408. The normalized spacial score (nSPS) is 10.2. The van der Waals surface area contributed by atoms with Crippen LogP contribution >= 0.6 is 0 Å². The van der Waals surface area contributed by atoms with Gasteiger partial charge in [-0.25, -0.2) is 4.98 Å². The van der Waals surface area contributed by atoms with Crippen molar-refractivity contribution in [1.29, 1.82) is 0 Å². The summed E-state index contributed by atoms with van der Waals surface area (Å²) >= 11 is 0. The van der Waals surface area contributed by atoms with Gasteiger partial charge in [-0.15, -0.1) is 0 Å². The SMILES string of the molecule is COc1ccc(NC(=O)c2ocnc2-c2ccccc2)c(OC)c1. The lowest BCUT2D eigenvalue weighted by molar-refractivity contribution is 0.0997. The lowest BCUT2D eigenvalue weighted by atomic mass is 10.1. The monoisotopic (exact) mass is 324 g/mol. The van der Waals surface area contributed by atoms with Crippen molar-refractivity contribution in [1.82, 2.24) is 4.98 Å². The fraction of sp³-hybridized carbons (Fsp3) is 0.111. The van der Waals surface area contributed by atoms with Crippen LogP contribution in [-0.4, -0.2) is 25.1 Å². The van der Waals surface area contributed by atoms with Gasteiger partial charge in [-0.05, 0) is 12.1 Å². The molecule has 1 aromatic heterocycles. The number of carbonyl (C=O) groups is 1. The number of ether oxygens (including phenoxy) is 2. The Labute approximate surface area is 139 Å². The van der Waals surface area contributed by atoms with Gasteiger partial charge in [-0.3, -0.25) is 4.79 Å². The molecule has 0 saturated carbocycles. The molecule has 0 aliphatic rings. The van der Waals surface area contributed by atoms with E-state index in [9.17, 15) is 4.79 Å². The summed E-state index contributed by atoms with van der Waals surface area (Å²) in [6.07, 6.45) is 1.25. The maximum absolute atomic E-state index is 12.6. The first-order valence-electron chi connectivity index (χ1n) is 7.25. The molecular weight excluding hydrogens is 308 g/mol. The zero-order valence-corrected chi connectivity index (χ0v) is 13.3. The lowest BCUT2D eigenvalue weighted by Crippen LogP contribution is -2.13. The van der Waals surface area contributed by atoms with Gasteiger partial charge in [0.2, 0.25) is 5.76 Å². The van der Waals surface area contributed by atoms with Crippen LogP contribution in [0.25, 0.3) is 11.3 Å². The Morgan fingerprint density at radius 1 is 1.08 bits per heavy atom.